The Morgan fingerprint density at radius 1 is 1.15 bits per heavy atom. The number of allylic oxidation sites excluding steroid dienone is 1. The van der Waals surface area contributed by atoms with Crippen molar-refractivity contribution in [3.05, 3.63) is 65.2 Å². The zero-order valence-electron chi connectivity index (χ0n) is 10.5. The molecule has 1 N–H and O–H groups in total. The van der Waals surface area contributed by atoms with Gasteiger partial charge in [-0.05, 0) is 35.9 Å². The van der Waals surface area contributed by atoms with Crippen LogP contribution in [0.25, 0.3) is 16.3 Å². The van der Waals surface area contributed by atoms with Gasteiger partial charge in [-0.3, -0.25) is 4.79 Å². The number of carbonyl (C=O) groups excluding carboxylic acids is 1. The number of thiazole rings is 1. The molecule has 0 aliphatic rings. The number of hydrogen-bond acceptors (Lipinski definition) is 4. The van der Waals surface area contributed by atoms with Crippen molar-refractivity contribution < 1.29 is 9.90 Å². The van der Waals surface area contributed by atoms with Gasteiger partial charge in [-0.1, -0.05) is 30.3 Å². The Labute approximate surface area is 119 Å². The molecule has 0 bridgehead atoms. The molecule has 20 heavy (non-hydrogen) atoms. The molecule has 0 saturated heterocycles. The summed E-state index contributed by atoms with van der Waals surface area (Å²) in [7, 11) is 0. The van der Waals surface area contributed by atoms with Crippen molar-refractivity contribution in [1.82, 2.24) is 4.98 Å². The van der Waals surface area contributed by atoms with Crippen LogP contribution < -0.4 is 0 Å². The van der Waals surface area contributed by atoms with Crippen LogP contribution in [0.2, 0.25) is 0 Å². The van der Waals surface area contributed by atoms with Crippen LogP contribution in [0.5, 0.6) is 5.75 Å². The van der Waals surface area contributed by atoms with Gasteiger partial charge in [-0.25, -0.2) is 4.98 Å². The Kier molecular flexibility index (Phi) is 3.31. The summed E-state index contributed by atoms with van der Waals surface area (Å²) in [6.07, 6.45) is 3.15. The Morgan fingerprint density at radius 2 is 2.00 bits per heavy atom. The molecule has 2 aromatic carbocycles. The zero-order valence-corrected chi connectivity index (χ0v) is 11.3. The lowest BCUT2D eigenvalue weighted by Crippen LogP contribution is -1.91. The van der Waals surface area contributed by atoms with Crippen molar-refractivity contribution in [2.75, 3.05) is 0 Å². The van der Waals surface area contributed by atoms with Crippen molar-refractivity contribution >= 4 is 33.4 Å². The van der Waals surface area contributed by atoms with Crippen LogP contribution in [0, 0.1) is 0 Å². The molecule has 4 heteroatoms. The fourth-order valence-corrected chi connectivity index (χ4v) is 2.74. The highest BCUT2D eigenvalue weighted by molar-refractivity contribution is 7.20. The molecule has 98 valence electrons. The van der Waals surface area contributed by atoms with Crippen molar-refractivity contribution in [1.29, 1.82) is 0 Å². The molecule has 0 unspecified atom stereocenters. The minimum Gasteiger partial charge on any atom is -0.508 e. The second-order valence-corrected chi connectivity index (χ2v) is 5.31. The van der Waals surface area contributed by atoms with Gasteiger partial charge < -0.3 is 5.11 Å². The molecule has 3 rings (SSSR count). The number of nitrogens with zero attached hydrogens (tertiary/aromatic N) is 1. The number of aromatic hydroxyl groups is 1. The summed E-state index contributed by atoms with van der Waals surface area (Å²) in [6, 6.07) is 14.4. The van der Waals surface area contributed by atoms with Crippen LogP contribution in [-0.2, 0) is 0 Å². The summed E-state index contributed by atoms with van der Waals surface area (Å²) in [5.74, 6) is 0.0501. The first-order valence-corrected chi connectivity index (χ1v) is 6.91. The highest BCUT2D eigenvalue weighted by atomic mass is 32.1. The summed E-state index contributed by atoms with van der Waals surface area (Å²) in [5, 5.41) is 9.84. The van der Waals surface area contributed by atoms with E-state index in [2.05, 4.69) is 4.98 Å². The molecule has 1 aromatic heterocycles. The Morgan fingerprint density at radius 3 is 2.80 bits per heavy atom. The quantitative estimate of drug-likeness (QED) is 0.585. The van der Waals surface area contributed by atoms with E-state index < -0.39 is 0 Å². The second kappa shape index (κ2) is 5.27. The van der Waals surface area contributed by atoms with Crippen LogP contribution in [0.1, 0.15) is 15.4 Å². The highest BCUT2D eigenvalue weighted by Gasteiger charge is 2.08. The number of carbonyl (C=O) groups is 1. The summed E-state index contributed by atoms with van der Waals surface area (Å²) in [5.41, 5.74) is 1.62. The minimum absolute atomic E-state index is 0.130. The van der Waals surface area contributed by atoms with Crippen molar-refractivity contribution in [2.45, 2.75) is 0 Å². The number of para-hydroxylation sites is 1. The lowest BCUT2D eigenvalue weighted by molar-refractivity contribution is 0.104. The molecular formula is C16H11NO2S. The first-order chi connectivity index (χ1) is 9.72. The molecule has 0 amide bonds. The fraction of sp³-hybridized carbons (Fsp3) is 0. The van der Waals surface area contributed by atoms with Gasteiger partial charge in [0.25, 0.3) is 0 Å². The van der Waals surface area contributed by atoms with Gasteiger partial charge in [0.1, 0.15) is 5.75 Å². The first kappa shape index (κ1) is 12.6. The molecule has 0 atom stereocenters. The van der Waals surface area contributed by atoms with E-state index in [9.17, 15) is 9.90 Å². The van der Waals surface area contributed by atoms with Crippen LogP contribution in [0.15, 0.2) is 54.6 Å². The number of aromatic nitrogens is 1. The van der Waals surface area contributed by atoms with Crippen molar-refractivity contribution in [3.8, 4) is 5.75 Å². The predicted octanol–water partition coefficient (Wildman–Crippen LogP) is 3.90. The topological polar surface area (TPSA) is 50.2 Å². The van der Waals surface area contributed by atoms with E-state index in [1.807, 2.05) is 30.3 Å². The van der Waals surface area contributed by atoms with Crippen LogP contribution in [-0.4, -0.2) is 15.9 Å². The third kappa shape index (κ3) is 2.60. The van der Waals surface area contributed by atoms with E-state index in [0.717, 1.165) is 15.8 Å². The average Bonchev–Trinajstić information content (AvgIpc) is 2.89. The maximum Gasteiger partial charge on any atom is 0.214 e. The van der Waals surface area contributed by atoms with E-state index in [1.165, 1.54) is 17.4 Å². The van der Waals surface area contributed by atoms with Crippen LogP contribution in [0.3, 0.4) is 0 Å². The third-order valence-corrected chi connectivity index (χ3v) is 3.85. The van der Waals surface area contributed by atoms with E-state index in [-0.39, 0.29) is 11.5 Å². The summed E-state index contributed by atoms with van der Waals surface area (Å²) in [6.45, 7) is 0. The van der Waals surface area contributed by atoms with Gasteiger partial charge in [0.2, 0.25) is 5.78 Å². The van der Waals surface area contributed by atoms with Crippen molar-refractivity contribution in [2.24, 2.45) is 0 Å². The van der Waals surface area contributed by atoms with E-state index in [1.54, 1.807) is 24.3 Å². The van der Waals surface area contributed by atoms with Gasteiger partial charge in [0.15, 0.2) is 5.01 Å². The van der Waals surface area contributed by atoms with Gasteiger partial charge in [-0.15, -0.1) is 11.3 Å². The SMILES string of the molecule is O=C(/C=C/c1cccc(O)c1)c1nc2ccccc2s1. The Hall–Kier alpha value is -2.46. The Balaban J connectivity index is 1.85. The number of ketones is 1. The lowest BCUT2D eigenvalue weighted by Gasteiger charge is -1.93. The van der Waals surface area contributed by atoms with E-state index in [0.29, 0.717) is 5.01 Å². The second-order valence-electron chi connectivity index (χ2n) is 4.28. The molecule has 3 aromatic rings. The number of hydrogen-bond donors (Lipinski definition) is 1. The maximum absolute atomic E-state index is 12.1. The monoisotopic (exact) mass is 281 g/mol. The average molecular weight is 281 g/mol. The smallest absolute Gasteiger partial charge is 0.214 e. The van der Waals surface area contributed by atoms with Gasteiger partial charge in [-0.2, -0.15) is 0 Å². The Bertz CT molecular complexity index is 772. The standard InChI is InChI=1S/C16H11NO2S/c18-12-5-3-4-11(10-12)8-9-14(19)16-17-13-6-1-2-7-15(13)20-16/h1-10,18H/b9-8+. The summed E-state index contributed by atoms with van der Waals surface area (Å²) >= 11 is 1.38. The lowest BCUT2D eigenvalue weighted by atomic mass is 10.2. The largest absolute Gasteiger partial charge is 0.508 e. The molecule has 0 saturated carbocycles. The number of rotatable bonds is 3. The highest BCUT2D eigenvalue weighted by Crippen LogP contribution is 2.22. The first-order valence-electron chi connectivity index (χ1n) is 6.09. The molecule has 0 spiro atoms. The number of phenols is 1. The zero-order chi connectivity index (χ0) is 13.9. The van der Waals surface area contributed by atoms with E-state index >= 15 is 0 Å². The van der Waals surface area contributed by atoms with Gasteiger partial charge in [0, 0.05) is 0 Å². The number of phenolic OH excluding ortho intramolecular Hbond substituents is 1. The summed E-state index contributed by atoms with van der Waals surface area (Å²) in [4.78, 5) is 16.4. The molecule has 0 aliphatic carbocycles. The number of benzene rings is 2. The number of fused-ring (bicyclic) bond motifs is 1. The molecule has 0 aliphatic heterocycles. The maximum atomic E-state index is 12.1. The third-order valence-electron chi connectivity index (χ3n) is 2.80. The van der Waals surface area contributed by atoms with Crippen LogP contribution in [0.4, 0.5) is 0 Å². The molecule has 3 nitrogen and oxygen atoms in total. The summed E-state index contributed by atoms with van der Waals surface area (Å²) < 4.78 is 1.00. The van der Waals surface area contributed by atoms with Crippen LogP contribution >= 0.6 is 11.3 Å². The van der Waals surface area contributed by atoms with Gasteiger partial charge in [0.05, 0.1) is 10.2 Å². The van der Waals surface area contributed by atoms with Crippen molar-refractivity contribution in [3.63, 3.8) is 0 Å². The van der Waals surface area contributed by atoms with Gasteiger partial charge >= 0.3 is 0 Å². The fourth-order valence-electron chi connectivity index (χ4n) is 1.85. The molecule has 0 fully saturated rings. The molecular weight excluding hydrogens is 270 g/mol. The molecule has 0 radical (unpaired) electrons. The normalized spacial score (nSPS) is 11.2. The predicted molar refractivity (Wildman–Crippen MR) is 81.1 cm³/mol. The van der Waals surface area contributed by atoms with E-state index in [4.69, 9.17) is 0 Å². The minimum atomic E-state index is -0.130. The molecule has 1 heterocycles.